The number of amides is 1. The zero-order valence-electron chi connectivity index (χ0n) is 21.9. The summed E-state index contributed by atoms with van der Waals surface area (Å²) < 4.78 is 10.8. The van der Waals surface area contributed by atoms with Gasteiger partial charge in [0.05, 0.1) is 26.1 Å². The zero-order valence-corrected chi connectivity index (χ0v) is 21.9. The number of ether oxygens (including phenoxy) is 2. The van der Waals surface area contributed by atoms with Crippen molar-refractivity contribution in [3.8, 4) is 11.5 Å². The molecule has 0 unspecified atom stereocenters. The van der Waals surface area contributed by atoms with E-state index in [0.717, 1.165) is 55.6 Å². The number of piperazine rings is 1. The van der Waals surface area contributed by atoms with Crippen LogP contribution in [0.25, 0.3) is 0 Å². The fourth-order valence-corrected chi connectivity index (χ4v) is 4.33. The van der Waals surface area contributed by atoms with Crippen LogP contribution in [0, 0.1) is 0 Å². The summed E-state index contributed by atoms with van der Waals surface area (Å²) in [4.78, 5) is 22.0. The highest BCUT2D eigenvalue weighted by molar-refractivity contribution is 6.04. The summed E-state index contributed by atoms with van der Waals surface area (Å²) in [5, 5.41) is 2.95. The number of hydrogen-bond acceptors (Lipinski definition) is 6. The molecule has 1 fully saturated rings. The third kappa shape index (κ3) is 6.15. The lowest BCUT2D eigenvalue weighted by atomic mass is 9.87. The van der Waals surface area contributed by atoms with Gasteiger partial charge < -0.3 is 19.7 Å². The highest BCUT2D eigenvalue weighted by Gasteiger charge is 2.20. The van der Waals surface area contributed by atoms with Crippen LogP contribution >= 0.6 is 0 Å². The van der Waals surface area contributed by atoms with E-state index < -0.39 is 0 Å². The number of methoxy groups -OCH3 is 2. The summed E-state index contributed by atoms with van der Waals surface area (Å²) in [6.45, 7) is 10.9. The lowest BCUT2D eigenvalue weighted by Gasteiger charge is -2.35. The lowest BCUT2D eigenvalue weighted by molar-refractivity contribution is 0.102. The van der Waals surface area contributed by atoms with E-state index in [1.165, 1.54) is 5.56 Å². The number of carbonyl (C=O) groups excluding carboxylic acids is 1. The van der Waals surface area contributed by atoms with E-state index in [0.29, 0.717) is 11.3 Å². The number of benzene rings is 2. The Morgan fingerprint density at radius 3 is 2.25 bits per heavy atom. The molecule has 7 heteroatoms. The summed E-state index contributed by atoms with van der Waals surface area (Å²) in [7, 11) is 3.35. The van der Waals surface area contributed by atoms with Crippen LogP contribution in [0.4, 0.5) is 11.5 Å². The van der Waals surface area contributed by atoms with Crippen molar-refractivity contribution in [2.45, 2.75) is 32.7 Å². The van der Waals surface area contributed by atoms with E-state index in [2.05, 4.69) is 46.9 Å². The van der Waals surface area contributed by atoms with Gasteiger partial charge in [0, 0.05) is 49.9 Å². The third-order valence-electron chi connectivity index (χ3n) is 6.60. The molecule has 2 heterocycles. The number of nitrogens with one attached hydrogen (secondary N) is 1. The van der Waals surface area contributed by atoms with Gasteiger partial charge in [-0.15, -0.1) is 0 Å². The molecule has 1 saturated heterocycles. The van der Waals surface area contributed by atoms with Gasteiger partial charge in [0.2, 0.25) is 0 Å². The zero-order chi connectivity index (χ0) is 25.7. The second kappa shape index (κ2) is 11.0. The van der Waals surface area contributed by atoms with E-state index in [1.807, 2.05) is 48.5 Å². The first-order valence-corrected chi connectivity index (χ1v) is 12.3. The number of rotatable bonds is 7. The molecular weight excluding hydrogens is 452 g/mol. The normalized spacial score (nSPS) is 14.4. The van der Waals surface area contributed by atoms with Crippen LogP contribution in [0.15, 0.2) is 60.8 Å². The molecule has 1 aliphatic heterocycles. The molecule has 0 atom stereocenters. The van der Waals surface area contributed by atoms with Crippen molar-refractivity contribution in [3.63, 3.8) is 0 Å². The number of hydrogen-bond donors (Lipinski definition) is 1. The SMILES string of the molecule is COc1ccc(CN2CCN(c3ccc(NC(=O)c4ccc(C(C)(C)C)cc4)cn3)CC2)c(OC)c1. The Kier molecular flexibility index (Phi) is 7.79. The largest absolute Gasteiger partial charge is 0.497 e. The molecule has 0 aliphatic carbocycles. The Labute approximate surface area is 214 Å². The van der Waals surface area contributed by atoms with Gasteiger partial charge in [0.15, 0.2) is 0 Å². The molecule has 36 heavy (non-hydrogen) atoms. The molecule has 190 valence electrons. The van der Waals surface area contributed by atoms with E-state index >= 15 is 0 Å². The Balaban J connectivity index is 1.30. The van der Waals surface area contributed by atoms with Crippen molar-refractivity contribution >= 4 is 17.4 Å². The maximum Gasteiger partial charge on any atom is 0.255 e. The monoisotopic (exact) mass is 488 g/mol. The molecule has 1 aliphatic rings. The highest BCUT2D eigenvalue weighted by atomic mass is 16.5. The predicted octanol–water partition coefficient (Wildman–Crippen LogP) is 4.97. The number of pyridine rings is 1. The van der Waals surface area contributed by atoms with Gasteiger partial charge in [-0.2, -0.15) is 0 Å². The maximum atomic E-state index is 12.7. The first kappa shape index (κ1) is 25.5. The van der Waals surface area contributed by atoms with E-state index in [4.69, 9.17) is 9.47 Å². The van der Waals surface area contributed by atoms with Gasteiger partial charge in [0.1, 0.15) is 17.3 Å². The van der Waals surface area contributed by atoms with Crippen molar-refractivity contribution in [3.05, 3.63) is 77.5 Å². The van der Waals surface area contributed by atoms with E-state index in [-0.39, 0.29) is 11.3 Å². The van der Waals surface area contributed by atoms with Gasteiger partial charge in [-0.05, 0) is 41.3 Å². The number of carbonyl (C=O) groups is 1. The molecule has 0 saturated carbocycles. The van der Waals surface area contributed by atoms with Crippen LogP contribution in [0.1, 0.15) is 42.3 Å². The summed E-state index contributed by atoms with van der Waals surface area (Å²) >= 11 is 0. The predicted molar refractivity (Wildman–Crippen MR) is 144 cm³/mol. The molecular formula is C29H36N4O3. The maximum absolute atomic E-state index is 12.7. The molecule has 7 nitrogen and oxygen atoms in total. The Hall–Kier alpha value is -3.58. The summed E-state index contributed by atoms with van der Waals surface area (Å²) in [5.74, 6) is 2.43. The average Bonchev–Trinajstić information content (AvgIpc) is 2.89. The number of nitrogens with zero attached hydrogens (tertiary/aromatic N) is 3. The summed E-state index contributed by atoms with van der Waals surface area (Å²) in [6, 6.07) is 17.6. The molecule has 1 aromatic heterocycles. The molecule has 0 spiro atoms. The molecule has 0 radical (unpaired) electrons. The quantitative estimate of drug-likeness (QED) is 0.507. The van der Waals surface area contributed by atoms with Gasteiger partial charge in [-0.25, -0.2) is 4.98 Å². The van der Waals surface area contributed by atoms with Crippen molar-refractivity contribution in [1.29, 1.82) is 0 Å². The fraction of sp³-hybridized carbons (Fsp3) is 0.379. The van der Waals surface area contributed by atoms with Crippen LogP contribution in [-0.4, -0.2) is 56.2 Å². The fourth-order valence-electron chi connectivity index (χ4n) is 4.33. The van der Waals surface area contributed by atoms with Gasteiger partial charge >= 0.3 is 0 Å². The lowest BCUT2D eigenvalue weighted by Crippen LogP contribution is -2.46. The smallest absolute Gasteiger partial charge is 0.255 e. The topological polar surface area (TPSA) is 66.9 Å². The Morgan fingerprint density at radius 1 is 0.944 bits per heavy atom. The standard InChI is InChI=1S/C29H36N4O3/c1-29(2,3)23-9-6-21(7-10-23)28(34)31-24-11-13-27(30-19-24)33-16-14-32(15-17-33)20-22-8-12-25(35-4)18-26(22)36-5/h6-13,18-19H,14-17,20H2,1-5H3,(H,31,34). The second-order valence-corrected chi connectivity index (χ2v) is 10.1. The molecule has 2 aromatic carbocycles. The highest BCUT2D eigenvalue weighted by Crippen LogP contribution is 2.27. The van der Waals surface area contributed by atoms with Crippen LogP contribution < -0.4 is 19.7 Å². The van der Waals surface area contributed by atoms with Crippen LogP contribution in [0.2, 0.25) is 0 Å². The Morgan fingerprint density at radius 2 is 1.67 bits per heavy atom. The Bertz CT molecular complexity index is 1160. The van der Waals surface area contributed by atoms with E-state index in [1.54, 1.807) is 20.4 Å². The van der Waals surface area contributed by atoms with Crippen molar-refractivity contribution in [2.24, 2.45) is 0 Å². The minimum absolute atomic E-state index is 0.0583. The second-order valence-electron chi connectivity index (χ2n) is 10.1. The molecule has 1 amide bonds. The third-order valence-corrected chi connectivity index (χ3v) is 6.60. The first-order valence-electron chi connectivity index (χ1n) is 12.3. The average molecular weight is 489 g/mol. The minimum Gasteiger partial charge on any atom is -0.497 e. The van der Waals surface area contributed by atoms with Gasteiger partial charge in [-0.3, -0.25) is 9.69 Å². The van der Waals surface area contributed by atoms with Crippen molar-refractivity contribution < 1.29 is 14.3 Å². The number of anilines is 2. The van der Waals surface area contributed by atoms with Crippen molar-refractivity contribution in [1.82, 2.24) is 9.88 Å². The van der Waals surface area contributed by atoms with Gasteiger partial charge in [0.25, 0.3) is 5.91 Å². The van der Waals surface area contributed by atoms with Gasteiger partial charge in [-0.1, -0.05) is 39.0 Å². The molecule has 1 N–H and O–H groups in total. The number of aromatic nitrogens is 1. The van der Waals surface area contributed by atoms with Crippen molar-refractivity contribution in [2.75, 3.05) is 50.6 Å². The summed E-state index contributed by atoms with van der Waals surface area (Å²) in [6.07, 6.45) is 1.73. The van der Waals surface area contributed by atoms with Crippen LogP contribution in [0.3, 0.4) is 0 Å². The first-order chi connectivity index (χ1) is 17.3. The molecule has 4 rings (SSSR count). The summed E-state index contributed by atoms with van der Waals surface area (Å²) in [5.41, 5.74) is 3.74. The molecule has 0 bridgehead atoms. The van der Waals surface area contributed by atoms with E-state index in [9.17, 15) is 4.79 Å². The molecule has 3 aromatic rings. The van der Waals surface area contributed by atoms with Crippen LogP contribution in [0.5, 0.6) is 11.5 Å². The minimum atomic E-state index is -0.132. The van der Waals surface area contributed by atoms with Crippen LogP contribution in [-0.2, 0) is 12.0 Å².